The summed E-state index contributed by atoms with van der Waals surface area (Å²) in [5.74, 6) is 0.569. The van der Waals surface area contributed by atoms with Crippen LogP contribution in [-0.4, -0.2) is 43.7 Å². The highest BCUT2D eigenvalue weighted by Gasteiger charge is 2.51. The molecule has 0 radical (unpaired) electrons. The summed E-state index contributed by atoms with van der Waals surface area (Å²) >= 11 is 0. The quantitative estimate of drug-likeness (QED) is 0.894. The van der Waals surface area contributed by atoms with E-state index in [0.29, 0.717) is 23.8 Å². The van der Waals surface area contributed by atoms with Crippen LogP contribution in [-0.2, 0) is 6.54 Å². The molecule has 2 aliphatic rings. The van der Waals surface area contributed by atoms with E-state index in [2.05, 4.69) is 41.5 Å². The van der Waals surface area contributed by atoms with Crippen LogP contribution in [0.1, 0.15) is 47.0 Å². The first-order chi connectivity index (χ1) is 12.8. The number of urea groups is 1. The predicted octanol–water partition coefficient (Wildman–Crippen LogP) is 3.79. The Hall–Kier alpha value is -2.44. The van der Waals surface area contributed by atoms with Gasteiger partial charge < -0.3 is 10.2 Å². The van der Waals surface area contributed by atoms with Crippen LogP contribution in [0.3, 0.4) is 0 Å². The van der Waals surface area contributed by atoms with Gasteiger partial charge in [0, 0.05) is 23.8 Å². The molecule has 1 aromatic heterocycles. The molecule has 2 amide bonds. The second kappa shape index (κ2) is 6.32. The number of carbonyl (C=O) groups excluding carboxylic acids is 1. The molecular formula is C20H28N6O. The van der Waals surface area contributed by atoms with Gasteiger partial charge in [0.25, 0.3) is 0 Å². The Morgan fingerprint density at radius 1 is 1.30 bits per heavy atom. The van der Waals surface area contributed by atoms with Crippen molar-refractivity contribution in [3.63, 3.8) is 0 Å². The highest BCUT2D eigenvalue weighted by atomic mass is 16.2. The lowest BCUT2D eigenvalue weighted by Gasteiger charge is -2.39. The average molecular weight is 368 g/mol. The maximum atomic E-state index is 13.0. The highest BCUT2D eigenvalue weighted by Crippen LogP contribution is 2.52. The van der Waals surface area contributed by atoms with Crippen molar-refractivity contribution in [3.8, 4) is 11.4 Å². The second-order valence-electron chi connectivity index (χ2n) is 9.15. The molecule has 2 bridgehead atoms. The Morgan fingerprint density at radius 3 is 2.85 bits per heavy atom. The number of nitrogens with zero attached hydrogens (tertiary/aromatic N) is 5. The summed E-state index contributed by atoms with van der Waals surface area (Å²) < 4.78 is 0. The summed E-state index contributed by atoms with van der Waals surface area (Å²) in [5, 5.41) is 15.5. The number of benzene rings is 1. The maximum absolute atomic E-state index is 13.0. The predicted molar refractivity (Wildman–Crippen MR) is 104 cm³/mol. The van der Waals surface area contributed by atoms with Crippen LogP contribution in [0.5, 0.6) is 0 Å². The number of carbonyl (C=O) groups is 1. The monoisotopic (exact) mass is 368 g/mol. The van der Waals surface area contributed by atoms with Gasteiger partial charge in [-0.25, -0.2) is 4.79 Å². The van der Waals surface area contributed by atoms with E-state index in [1.54, 1.807) is 4.80 Å². The van der Waals surface area contributed by atoms with E-state index in [9.17, 15) is 4.79 Å². The SMILES string of the molecule is CCn1nnc(-c2cccc(NC(=O)N3C[C@]4(C)C[C@H]3CC(C)(C)C4)c2)n1. The van der Waals surface area contributed by atoms with E-state index < -0.39 is 0 Å². The molecule has 2 heterocycles. The van der Waals surface area contributed by atoms with Crippen LogP contribution < -0.4 is 5.32 Å². The number of aromatic nitrogens is 4. The number of rotatable bonds is 3. The molecule has 4 rings (SSSR count). The summed E-state index contributed by atoms with van der Waals surface area (Å²) in [6.45, 7) is 10.4. The molecule has 1 saturated heterocycles. The lowest BCUT2D eigenvalue weighted by molar-refractivity contribution is 0.130. The van der Waals surface area contributed by atoms with Crippen LogP contribution in [0.4, 0.5) is 10.5 Å². The van der Waals surface area contributed by atoms with Gasteiger partial charge in [0.2, 0.25) is 5.82 Å². The van der Waals surface area contributed by atoms with Gasteiger partial charge >= 0.3 is 6.03 Å². The largest absolute Gasteiger partial charge is 0.322 e. The molecule has 2 aromatic rings. The molecule has 1 N–H and O–H groups in total. The third-order valence-electron chi connectivity index (χ3n) is 5.78. The van der Waals surface area contributed by atoms with Gasteiger partial charge in [0.05, 0.1) is 6.54 Å². The summed E-state index contributed by atoms with van der Waals surface area (Å²) in [4.78, 5) is 16.6. The molecule has 27 heavy (non-hydrogen) atoms. The highest BCUT2D eigenvalue weighted by molar-refractivity contribution is 5.90. The van der Waals surface area contributed by atoms with Crippen LogP contribution in [0, 0.1) is 10.8 Å². The standard InChI is InChI=1S/C20H28N6O/c1-5-26-23-17(22-24-26)14-7-6-8-15(9-14)21-18(27)25-13-20(4)11-16(25)10-19(2,3)12-20/h6-9,16H,5,10-13H2,1-4H3,(H,21,27)/t16-,20-/m1/s1. The zero-order valence-corrected chi connectivity index (χ0v) is 16.6. The van der Waals surface area contributed by atoms with Gasteiger partial charge in [-0.1, -0.05) is 32.9 Å². The fourth-order valence-corrected chi connectivity index (χ4v) is 5.12. The summed E-state index contributed by atoms with van der Waals surface area (Å²) in [6, 6.07) is 7.96. The molecule has 7 heteroatoms. The van der Waals surface area contributed by atoms with Gasteiger partial charge in [-0.3, -0.25) is 0 Å². The first-order valence-corrected chi connectivity index (χ1v) is 9.73. The normalized spacial score (nSPS) is 26.2. The molecule has 1 saturated carbocycles. The third-order valence-corrected chi connectivity index (χ3v) is 5.78. The maximum Gasteiger partial charge on any atom is 0.322 e. The van der Waals surface area contributed by atoms with E-state index in [1.807, 2.05) is 36.1 Å². The van der Waals surface area contributed by atoms with Crippen LogP contribution >= 0.6 is 0 Å². The zero-order valence-electron chi connectivity index (χ0n) is 16.6. The fourth-order valence-electron chi connectivity index (χ4n) is 5.12. The van der Waals surface area contributed by atoms with Crippen LogP contribution in [0.25, 0.3) is 11.4 Å². The summed E-state index contributed by atoms with van der Waals surface area (Å²) in [5.41, 5.74) is 2.13. The molecule has 2 atom stereocenters. The molecule has 144 valence electrons. The minimum atomic E-state index is -0.0104. The fraction of sp³-hybridized carbons (Fsp3) is 0.600. The van der Waals surface area contributed by atoms with Gasteiger partial charge in [-0.15, -0.1) is 10.2 Å². The van der Waals surface area contributed by atoms with Crippen LogP contribution in [0.15, 0.2) is 24.3 Å². The average Bonchev–Trinajstić information content (AvgIpc) is 3.16. The van der Waals surface area contributed by atoms with Gasteiger partial charge in [-0.2, -0.15) is 4.80 Å². The number of amides is 2. The minimum absolute atomic E-state index is 0.0104. The third kappa shape index (κ3) is 3.55. The van der Waals surface area contributed by atoms with Crippen molar-refractivity contribution >= 4 is 11.7 Å². The number of likely N-dealkylation sites (tertiary alicyclic amines) is 1. The van der Waals surface area contributed by atoms with Crippen molar-refractivity contribution in [3.05, 3.63) is 24.3 Å². The number of anilines is 1. The molecule has 1 aromatic carbocycles. The van der Waals surface area contributed by atoms with Crippen molar-refractivity contribution in [2.45, 2.75) is 59.5 Å². The van der Waals surface area contributed by atoms with E-state index in [0.717, 1.165) is 30.6 Å². The molecule has 0 spiro atoms. The van der Waals surface area contributed by atoms with Gasteiger partial charge in [0.15, 0.2) is 0 Å². The van der Waals surface area contributed by atoms with Crippen molar-refractivity contribution in [1.82, 2.24) is 25.1 Å². The zero-order chi connectivity index (χ0) is 19.2. The van der Waals surface area contributed by atoms with Gasteiger partial charge in [-0.05, 0) is 54.4 Å². The molecular weight excluding hydrogens is 340 g/mol. The van der Waals surface area contributed by atoms with Crippen molar-refractivity contribution in [1.29, 1.82) is 0 Å². The molecule has 7 nitrogen and oxygen atoms in total. The Labute approximate surface area is 160 Å². The van der Waals surface area contributed by atoms with Gasteiger partial charge in [0.1, 0.15) is 0 Å². The Kier molecular flexibility index (Phi) is 4.20. The number of tetrazole rings is 1. The number of nitrogens with one attached hydrogen (secondary N) is 1. The van der Waals surface area contributed by atoms with E-state index in [-0.39, 0.29) is 11.4 Å². The number of aryl methyl sites for hydroxylation is 1. The van der Waals surface area contributed by atoms with E-state index in [1.165, 1.54) is 6.42 Å². The lowest BCUT2D eigenvalue weighted by Crippen LogP contribution is -2.40. The summed E-state index contributed by atoms with van der Waals surface area (Å²) in [7, 11) is 0. The Bertz CT molecular complexity index is 860. The number of hydrogen-bond donors (Lipinski definition) is 1. The topological polar surface area (TPSA) is 75.9 Å². The number of fused-ring (bicyclic) bond motifs is 2. The van der Waals surface area contributed by atoms with E-state index >= 15 is 0 Å². The molecule has 1 aliphatic carbocycles. The summed E-state index contributed by atoms with van der Waals surface area (Å²) in [6.07, 6.45) is 3.35. The molecule has 2 fully saturated rings. The molecule has 1 aliphatic heterocycles. The number of hydrogen-bond acceptors (Lipinski definition) is 4. The van der Waals surface area contributed by atoms with Crippen molar-refractivity contribution in [2.24, 2.45) is 10.8 Å². The lowest BCUT2D eigenvalue weighted by atomic mass is 9.65. The second-order valence-corrected chi connectivity index (χ2v) is 9.15. The Morgan fingerprint density at radius 2 is 2.11 bits per heavy atom. The van der Waals surface area contributed by atoms with Crippen LogP contribution in [0.2, 0.25) is 0 Å². The Balaban J connectivity index is 1.50. The molecule has 0 unspecified atom stereocenters. The van der Waals surface area contributed by atoms with Crippen molar-refractivity contribution in [2.75, 3.05) is 11.9 Å². The van der Waals surface area contributed by atoms with Crippen molar-refractivity contribution < 1.29 is 4.79 Å². The first-order valence-electron chi connectivity index (χ1n) is 9.73. The van der Waals surface area contributed by atoms with E-state index in [4.69, 9.17) is 0 Å². The smallest absolute Gasteiger partial charge is 0.321 e. The first kappa shape index (κ1) is 17.9. The minimum Gasteiger partial charge on any atom is -0.321 e.